The number of aromatic nitrogens is 1. The molecule has 0 saturated carbocycles. The van der Waals surface area contributed by atoms with Crippen LogP contribution in [0.2, 0.25) is 0 Å². The summed E-state index contributed by atoms with van der Waals surface area (Å²) < 4.78 is 83.4. The van der Waals surface area contributed by atoms with Gasteiger partial charge < -0.3 is 10.1 Å². The molecule has 1 N–H and O–H groups in total. The monoisotopic (exact) mass is 468 g/mol. The Morgan fingerprint density at radius 2 is 1.58 bits per heavy atom. The molecule has 0 fully saturated rings. The molecule has 0 atom stereocenters. The van der Waals surface area contributed by atoms with E-state index < -0.39 is 29.4 Å². The molecule has 1 amide bonds. The molecule has 3 aromatic rings. The van der Waals surface area contributed by atoms with Crippen LogP contribution in [0.1, 0.15) is 27.0 Å². The van der Waals surface area contributed by atoms with Crippen LogP contribution in [0, 0.1) is 0 Å². The van der Waals surface area contributed by atoms with E-state index in [4.69, 9.17) is 4.74 Å². The van der Waals surface area contributed by atoms with Crippen molar-refractivity contribution in [3.05, 3.63) is 83.2 Å². The van der Waals surface area contributed by atoms with E-state index in [9.17, 15) is 31.1 Å². The van der Waals surface area contributed by atoms with Crippen molar-refractivity contribution in [2.24, 2.45) is 0 Å². The van der Waals surface area contributed by atoms with Crippen LogP contribution in [0.25, 0.3) is 11.1 Å². The highest BCUT2D eigenvalue weighted by molar-refractivity contribution is 6.01. The molecule has 0 bridgehead atoms. The molecule has 1 aromatic heterocycles. The maximum Gasteiger partial charge on any atom is 0.416 e. The zero-order chi connectivity index (χ0) is 24.2. The van der Waals surface area contributed by atoms with E-state index >= 15 is 0 Å². The van der Waals surface area contributed by atoms with Crippen LogP contribution in [0.15, 0.2) is 60.9 Å². The fourth-order valence-corrected chi connectivity index (χ4v) is 3.26. The van der Waals surface area contributed by atoms with Gasteiger partial charge in [0.05, 0.1) is 23.8 Å². The van der Waals surface area contributed by atoms with Crippen molar-refractivity contribution in [2.45, 2.75) is 18.8 Å². The number of hydrogen-bond donors (Lipinski definition) is 1. The van der Waals surface area contributed by atoms with E-state index in [2.05, 4.69) is 10.3 Å². The Morgan fingerprint density at radius 3 is 2.18 bits per heavy atom. The number of halogens is 6. The number of carbonyl (C=O) groups is 1. The summed E-state index contributed by atoms with van der Waals surface area (Å²) >= 11 is 0. The number of carbonyl (C=O) groups excluding carboxylic acids is 1. The van der Waals surface area contributed by atoms with Crippen LogP contribution in [0.3, 0.4) is 0 Å². The van der Waals surface area contributed by atoms with E-state index in [-0.39, 0.29) is 30.2 Å². The highest BCUT2D eigenvalue weighted by Crippen LogP contribution is 2.36. The van der Waals surface area contributed by atoms with Crippen molar-refractivity contribution in [1.82, 2.24) is 10.3 Å². The van der Waals surface area contributed by atoms with Gasteiger partial charge in [-0.05, 0) is 42.3 Å². The fourth-order valence-electron chi connectivity index (χ4n) is 3.26. The molecule has 2 aromatic carbocycles. The lowest BCUT2D eigenvalue weighted by Gasteiger charge is -2.15. The van der Waals surface area contributed by atoms with Crippen LogP contribution in [0.4, 0.5) is 26.3 Å². The average Bonchev–Trinajstić information content (AvgIpc) is 2.77. The number of para-hydroxylation sites is 1. The molecule has 0 radical (unpaired) electrons. The minimum atomic E-state index is -4.93. The van der Waals surface area contributed by atoms with Crippen LogP contribution < -0.4 is 10.1 Å². The van der Waals surface area contributed by atoms with Crippen molar-refractivity contribution in [3.8, 4) is 16.9 Å². The predicted molar refractivity (Wildman–Crippen MR) is 109 cm³/mol. The van der Waals surface area contributed by atoms with Gasteiger partial charge in [0.1, 0.15) is 5.75 Å². The summed E-state index contributed by atoms with van der Waals surface area (Å²) in [5, 5.41) is 2.53. The molecule has 174 valence electrons. The normalized spacial score (nSPS) is 11.8. The first-order chi connectivity index (χ1) is 15.5. The Bertz CT molecular complexity index is 1110. The van der Waals surface area contributed by atoms with E-state index in [1.54, 1.807) is 30.3 Å². The number of amides is 1. The second-order valence-electron chi connectivity index (χ2n) is 7.04. The number of methoxy groups -OCH3 is 1. The maximum absolute atomic E-state index is 13.0. The van der Waals surface area contributed by atoms with E-state index in [0.29, 0.717) is 29.0 Å². The topological polar surface area (TPSA) is 51.2 Å². The van der Waals surface area contributed by atoms with Crippen LogP contribution in [-0.2, 0) is 18.8 Å². The van der Waals surface area contributed by atoms with E-state index in [1.807, 2.05) is 0 Å². The van der Waals surface area contributed by atoms with Crippen LogP contribution in [0.5, 0.6) is 5.75 Å². The molecule has 33 heavy (non-hydrogen) atoms. The van der Waals surface area contributed by atoms with E-state index in [0.717, 1.165) is 0 Å². The third kappa shape index (κ3) is 5.82. The Hall–Kier alpha value is -3.56. The molecular formula is C23H18F6N2O2. The predicted octanol–water partition coefficient (Wildman–Crippen LogP) is 5.77. The van der Waals surface area contributed by atoms with Gasteiger partial charge in [0, 0.05) is 30.1 Å². The van der Waals surface area contributed by atoms with Gasteiger partial charge >= 0.3 is 12.4 Å². The maximum atomic E-state index is 13.0. The Labute approximate surface area is 185 Å². The minimum Gasteiger partial charge on any atom is -0.496 e. The Kier molecular flexibility index (Phi) is 6.95. The molecular weight excluding hydrogens is 450 g/mol. The lowest BCUT2D eigenvalue weighted by Crippen LogP contribution is -2.26. The van der Waals surface area contributed by atoms with Gasteiger partial charge in [-0.3, -0.25) is 9.78 Å². The van der Waals surface area contributed by atoms with Crippen LogP contribution in [-0.4, -0.2) is 24.5 Å². The zero-order valence-corrected chi connectivity index (χ0v) is 17.2. The number of nitrogens with zero attached hydrogens (tertiary/aromatic N) is 1. The molecule has 0 aliphatic carbocycles. The summed E-state index contributed by atoms with van der Waals surface area (Å²) in [5.41, 5.74) is -1.68. The van der Waals surface area contributed by atoms with Crippen molar-refractivity contribution in [1.29, 1.82) is 0 Å². The highest BCUT2D eigenvalue weighted by Gasteiger charge is 2.36. The Morgan fingerprint density at radius 1 is 0.939 bits per heavy atom. The third-order valence-electron chi connectivity index (χ3n) is 4.81. The molecule has 0 saturated heterocycles. The second-order valence-corrected chi connectivity index (χ2v) is 7.04. The zero-order valence-electron chi connectivity index (χ0n) is 17.2. The van der Waals surface area contributed by atoms with Crippen molar-refractivity contribution >= 4 is 5.91 Å². The number of hydrogen-bond acceptors (Lipinski definition) is 3. The van der Waals surface area contributed by atoms with Gasteiger partial charge in [-0.1, -0.05) is 18.2 Å². The highest BCUT2D eigenvalue weighted by atomic mass is 19.4. The molecule has 1 heterocycles. The number of ether oxygens (including phenoxy) is 1. The quantitative estimate of drug-likeness (QED) is 0.468. The molecule has 0 aliphatic rings. The van der Waals surface area contributed by atoms with E-state index in [1.165, 1.54) is 19.5 Å². The van der Waals surface area contributed by atoms with Crippen molar-refractivity contribution < 1.29 is 35.9 Å². The third-order valence-corrected chi connectivity index (χ3v) is 4.81. The average molecular weight is 468 g/mol. The van der Waals surface area contributed by atoms with Crippen molar-refractivity contribution in [2.75, 3.05) is 13.7 Å². The molecule has 0 spiro atoms. The van der Waals surface area contributed by atoms with Gasteiger partial charge in [-0.25, -0.2) is 0 Å². The number of pyridine rings is 1. The molecule has 3 rings (SSSR count). The number of benzene rings is 2. The number of alkyl halides is 6. The first-order valence-corrected chi connectivity index (χ1v) is 9.64. The molecule has 0 unspecified atom stereocenters. The molecule has 0 aliphatic heterocycles. The second kappa shape index (κ2) is 9.51. The minimum absolute atomic E-state index is 0.0667. The van der Waals surface area contributed by atoms with Gasteiger partial charge in [0.25, 0.3) is 5.91 Å². The summed E-state index contributed by atoms with van der Waals surface area (Å²) in [6.45, 7) is -0.183. The summed E-state index contributed by atoms with van der Waals surface area (Å²) in [6.07, 6.45) is -7.29. The summed E-state index contributed by atoms with van der Waals surface area (Å²) in [4.78, 5) is 16.7. The molecule has 10 heteroatoms. The van der Waals surface area contributed by atoms with Crippen molar-refractivity contribution in [3.63, 3.8) is 0 Å². The first kappa shape index (κ1) is 24.1. The van der Waals surface area contributed by atoms with Gasteiger partial charge in [0.2, 0.25) is 0 Å². The smallest absolute Gasteiger partial charge is 0.416 e. The standard InChI is InChI=1S/C23H18F6N2O2/c1-33-20-5-3-2-4-18(20)17-7-8-30-13-19(17)21(32)31-9-6-14-10-15(22(24,25)26)12-16(11-14)23(27,28)29/h2-5,7-8,10-13H,6,9H2,1H3,(H,31,32). The lowest BCUT2D eigenvalue weighted by molar-refractivity contribution is -0.143. The summed E-state index contributed by atoms with van der Waals surface area (Å²) in [5.74, 6) is -0.0616. The van der Waals surface area contributed by atoms with Gasteiger partial charge in [-0.15, -0.1) is 0 Å². The number of rotatable bonds is 6. The van der Waals surface area contributed by atoms with Gasteiger partial charge in [-0.2, -0.15) is 26.3 Å². The SMILES string of the molecule is COc1ccccc1-c1ccncc1C(=O)NCCc1cc(C(F)(F)F)cc(C(F)(F)F)c1. The summed E-state index contributed by atoms with van der Waals surface area (Å²) in [7, 11) is 1.48. The molecule has 4 nitrogen and oxygen atoms in total. The first-order valence-electron chi connectivity index (χ1n) is 9.64. The van der Waals surface area contributed by atoms with Crippen LogP contribution >= 0.6 is 0 Å². The van der Waals surface area contributed by atoms with Gasteiger partial charge in [0.15, 0.2) is 0 Å². The Balaban J connectivity index is 1.80. The number of nitrogens with one attached hydrogen (secondary N) is 1. The fraction of sp³-hybridized carbons (Fsp3) is 0.217. The lowest BCUT2D eigenvalue weighted by atomic mass is 10.00. The largest absolute Gasteiger partial charge is 0.496 e. The summed E-state index contributed by atoms with van der Waals surface area (Å²) in [6, 6.07) is 9.93.